The molecule has 110 valence electrons. The predicted molar refractivity (Wildman–Crippen MR) is 92.2 cm³/mol. The zero-order chi connectivity index (χ0) is 15.1. The molecule has 0 unspecified atom stereocenters. The van der Waals surface area contributed by atoms with Gasteiger partial charge in [0.25, 0.3) is 0 Å². The number of fused-ring (bicyclic) bond motifs is 3. The minimum absolute atomic E-state index is 0.399. The van der Waals surface area contributed by atoms with Gasteiger partial charge in [0, 0.05) is 5.75 Å². The van der Waals surface area contributed by atoms with E-state index in [1.807, 2.05) is 24.3 Å². The Kier molecular flexibility index (Phi) is 3.69. The fourth-order valence-electron chi connectivity index (χ4n) is 2.19. The monoisotopic (exact) mass is 366 g/mol. The Labute approximate surface area is 144 Å². The van der Waals surface area contributed by atoms with Crippen LogP contribution in [-0.4, -0.2) is 19.6 Å². The van der Waals surface area contributed by atoms with E-state index in [2.05, 4.69) is 31.7 Å². The molecule has 4 rings (SSSR count). The highest BCUT2D eigenvalue weighted by molar-refractivity contribution is 7.98. The molecular formula is C14H8Cl2N4S2. The van der Waals surface area contributed by atoms with Gasteiger partial charge in [-0.15, -0.1) is 10.2 Å². The van der Waals surface area contributed by atoms with E-state index in [1.54, 1.807) is 23.1 Å². The van der Waals surface area contributed by atoms with Crippen LogP contribution in [0.4, 0.5) is 0 Å². The number of thiazole rings is 1. The first-order valence-corrected chi connectivity index (χ1v) is 8.94. The Morgan fingerprint density at radius 2 is 1.86 bits per heavy atom. The van der Waals surface area contributed by atoms with Gasteiger partial charge in [0.2, 0.25) is 4.96 Å². The Hall–Kier alpha value is -1.34. The van der Waals surface area contributed by atoms with Gasteiger partial charge in [0.05, 0.1) is 10.2 Å². The van der Waals surface area contributed by atoms with Crippen LogP contribution in [0.2, 0.25) is 10.3 Å². The van der Waals surface area contributed by atoms with E-state index in [-0.39, 0.29) is 0 Å². The first-order chi connectivity index (χ1) is 10.7. The molecule has 0 fully saturated rings. The maximum Gasteiger partial charge on any atom is 0.217 e. The summed E-state index contributed by atoms with van der Waals surface area (Å²) >= 11 is 15.1. The maximum atomic E-state index is 5.93. The summed E-state index contributed by atoms with van der Waals surface area (Å²) in [5.74, 6) is 0.701. The Bertz CT molecular complexity index is 959. The molecule has 0 spiro atoms. The van der Waals surface area contributed by atoms with Crippen LogP contribution in [0.5, 0.6) is 0 Å². The van der Waals surface area contributed by atoms with Crippen LogP contribution in [0, 0.1) is 0 Å². The minimum atomic E-state index is 0.399. The van der Waals surface area contributed by atoms with Gasteiger partial charge in [-0.2, -0.15) is 0 Å². The second-order valence-electron chi connectivity index (χ2n) is 4.58. The number of hydrogen-bond donors (Lipinski definition) is 0. The van der Waals surface area contributed by atoms with Crippen molar-refractivity contribution in [3.63, 3.8) is 0 Å². The summed E-state index contributed by atoms with van der Waals surface area (Å²) in [5.41, 5.74) is 2.13. The van der Waals surface area contributed by atoms with Crippen molar-refractivity contribution >= 4 is 61.5 Å². The molecule has 4 nitrogen and oxygen atoms in total. The van der Waals surface area contributed by atoms with Crippen molar-refractivity contribution in [2.75, 3.05) is 0 Å². The first kappa shape index (κ1) is 14.3. The van der Waals surface area contributed by atoms with Gasteiger partial charge in [-0.1, -0.05) is 58.4 Å². The van der Waals surface area contributed by atoms with E-state index in [1.165, 1.54) is 4.70 Å². The van der Waals surface area contributed by atoms with E-state index in [4.69, 9.17) is 23.2 Å². The lowest BCUT2D eigenvalue weighted by Gasteiger charge is -2.02. The fraction of sp³-hybridized carbons (Fsp3) is 0.0714. The summed E-state index contributed by atoms with van der Waals surface area (Å²) in [6.07, 6.45) is 0. The number of aromatic nitrogens is 4. The second kappa shape index (κ2) is 5.70. The lowest BCUT2D eigenvalue weighted by atomic mass is 10.3. The summed E-state index contributed by atoms with van der Waals surface area (Å²) in [6.45, 7) is 0. The van der Waals surface area contributed by atoms with Gasteiger partial charge in [0.1, 0.15) is 10.3 Å². The number of hydrogen-bond acceptors (Lipinski definition) is 5. The number of nitrogens with zero attached hydrogens (tertiary/aromatic N) is 4. The molecule has 0 bridgehead atoms. The Balaban J connectivity index is 1.69. The van der Waals surface area contributed by atoms with Crippen LogP contribution in [0.3, 0.4) is 0 Å². The molecule has 8 heteroatoms. The number of para-hydroxylation sites is 1. The highest BCUT2D eigenvalue weighted by Crippen LogP contribution is 2.31. The molecule has 0 amide bonds. The average Bonchev–Trinajstić information content (AvgIpc) is 3.03. The lowest BCUT2D eigenvalue weighted by Crippen LogP contribution is -1.88. The first-order valence-electron chi connectivity index (χ1n) is 6.38. The van der Waals surface area contributed by atoms with E-state index >= 15 is 0 Å². The molecule has 22 heavy (non-hydrogen) atoms. The van der Waals surface area contributed by atoms with Gasteiger partial charge in [0.15, 0.2) is 5.16 Å². The molecule has 3 aromatic heterocycles. The summed E-state index contributed by atoms with van der Waals surface area (Å²) in [6, 6.07) is 11.8. The summed E-state index contributed by atoms with van der Waals surface area (Å²) in [4.78, 5) is 4.85. The summed E-state index contributed by atoms with van der Waals surface area (Å²) < 4.78 is 3.28. The molecule has 0 radical (unpaired) electrons. The van der Waals surface area contributed by atoms with Crippen LogP contribution in [0.15, 0.2) is 41.6 Å². The van der Waals surface area contributed by atoms with E-state index in [0.29, 0.717) is 16.1 Å². The molecule has 0 N–H and O–H groups in total. The highest BCUT2D eigenvalue weighted by Gasteiger charge is 2.12. The van der Waals surface area contributed by atoms with Gasteiger partial charge in [-0.3, -0.25) is 4.40 Å². The zero-order valence-electron chi connectivity index (χ0n) is 11.0. The van der Waals surface area contributed by atoms with Crippen molar-refractivity contribution < 1.29 is 0 Å². The van der Waals surface area contributed by atoms with Crippen molar-refractivity contribution in [3.8, 4) is 0 Å². The van der Waals surface area contributed by atoms with Crippen LogP contribution in [0.1, 0.15) is 5.56 Å². The van der Waals surface area contributed by atoms with Gasteiger partial charge >= 0.3 is 0 Å². The van der Waals surface area contributed by atoms with Crippen LogP contribution in [-0.2, 0) is 5.75 Å². The minimum Gasteiger partial charge on any atom is -0.260 e. The van der Waals surface area contributed by atoms with Crippen molar-refractivity contribution in [3.05, 3.63) is 52.3 Å². The molecule has 4 aromatic rings. The van der Waals surface area contributed by atoms with Crippen molar-refractivity contribution in [2.45, 2.75) is 10.9 Å². The maximum absolute atomic E-state index is 5.93. The molecule has 0 saturated heterocycles. The van der Waals surface area contributed by atoms with Gasteiger partial charge in [-0.25, -0.2) is 4.98 Å². The molecule has 0 aliphatic rings. The van der Waals surface area contributed by atoms with Crippen molar-refractivity contribution in [1.29, 1.82) is 0 Å². The van der Waals surface area contributed by atoms with Crippen LogP contribution < -0.4 is 0 Å². The molecule has 1 aromatic carbocycles. The van der Waals surface area contributed by atoms with Crippen molar-refractivity contribution in [1.82, 2.24) is 19.6 Å². The molecule has 0 saturated carbocycles. The third-order valence-corrected chi connectivity index (χ3v) is 5.50. The molecular weight excluding hydrogens is 359 g/mol. The second-order valence-corrected chi connectivity index (χ2v) is 7.31. The quantitative estimate of drug-likeness (QED) is 0.380. The predicted octanol–water partition coefficient (Wildman–Crippen LogP) is 4.94. The van der Waals surface area contributed by atoms with Gasteiger partial charge < -0.3 is 0 Å². The van der Waals surface area contributed by atoms with Crippen molar-refractivity contribution in [2.24, 2.45) is 0 Å². The van der Waals surface area contributed by atoms with E-state index in [9.17, 15) is 0 Å². The Morgan fingerprint density at radius 1 is 1.09 bits per heavy atom. The number of benzene rings is 1. The van der Waals surface area contributed by atoms with E-state index < -0.39 is 0 Å². The summed E-state index contributed by atoms with van der Waals surface area (Å²) in [7, 11) is 0. The van der Waals surface area contributed by atoms with Crippen LogP contribution in [0.25, 0.3) is 15.2 Å². The largest absolute Gasteiger partial charge is 0.260 e. The third-order valence-electron chi connectivity index (χ3n) is 3.10. The molecule has 0 aliphatic heterocycles. The van der Waals surface area contributed by atoms with E-state index in [0.717, 1.165) is 21.2 Å². The number of rotatable bonds is 3. The van der Waals surface area contributed by atoms with Crippen LogP contribution >= 0.6 is 46.3 Å². The zero-order valence-corrected chi connectivity index (χ0v) is 14.2. The molecule has 3 heterocycles. The van der Waals surface area contributed by atoms with Gasteiger partial charge in [-0.05, 0) is 29.8 Å². The average molecular weight is 367 g/mol. The Morgan fingerprint density at radius 3 is 2.68 bits per heavy atom. The molecule has 0 aliphatic carbocycles. The number of pyridine rings is 1. The SMILES string of the molecule is Clc1cc(CSc2nnc3sc4ccccc4n23)cc(Cl)n1. The topological polar surface area (TPSA) is 43.1 Å². The standard InChI is InChI=1S/C14H8Cl2N4S2/c15-11-5-8(6-12(16)17-11)7-21-13-18-19-14-20(13)9-3-1-2-4-10(9)22-14/h1-6H,7H2. The lowest BCUT2D eigenvalue weighted by molar-refractivity contribution is 0.940. The normalized spacial score (nSPS) is 11.5. The third kappa shape index (κ3) is 2.56. The smallest absolute Gasteiger partial charge is 0.217 e. The highest BCUT2D eigenvalue weighted by atomic mass is 35.5. The number of halogens is 2. The fourth-order valence-corrected chi connectivity index (χ4v) is 4.60. The number of thioether (sulfide) groups is 1. The molecule has 0 atom stereocenters. The summed E-state index contributed by atoms with van der Waals surface area (Å²) in [5, 5.41) is 10.2.